The van der Waals surface area contributed by atoms with Crippen LogP contribution in [0.2, 0.25) is 0 Å². The number of rotatable bonds is 4. The van der Waals surface area contributed by atoms with Gasteiger partial charge in [-0.1, -0.05) is 6.92 Å². The molecule has 1 saturated carbocycles. The zero-order valence-electron chi connectivity index (χ0n) is 14.0. The first-order chi connectivity index (χ1) is 10.3. The number of carbonyl (C=O) groups excluding carboxylic acids is 1. The molecule has 6 heteroatoms. The summed E-state index contributed by atoms with van der Waals surface area (Å²) in [5, 5.41) is 13.1. The number of H-pyrrole nitrogens is 1. The Labute approximate surface area is 132 Å². The van der Waals surface area contributed by atoms with Gasteiger partial charge in [-0.2, -0.15) is 5.10 Å². The molecule has 1 aromatic heterocycles. The first kappa shape index (κ1) is 16.8. The first-order valence-corrected chi connectivity index (χ1v) is 8.09. The fourth-order valence-corrected chi connectivity index (χ4v) is 2.68. The maximum absolute atomic E-state index is 11.8. The third-order valence-corrected chi connectivity index (χ3v) is 3.94. The van der Waals surface area contributed by atoms with E-state index in [2.05, 4.69) is 27.8 Å². The number of amides is 1. The van der Waals surface area contributed by atoms with Crippen molar-refractivity contribution in [1.29, 1.82) is 0 Å². The van der Waals surface area contributed by atoms with Crippen LogP contribution in [0.4, 0.5) is 10.6 Å². The third kappa shape index (κ3) is 5.33. The van der Waals surface area contributed by atoms with Crippen LogP contribution in [0.5, 0.6) is 0 Å². The number of aromatic amines is 1. The summed E-state index contributed by atoms with van der Waals surface area (Å²) >= 11 is 0. The average Bonchev–Trinajstić information content (AvgIpc) is 2.83. The van der Waals surface area contributed by atoms with Crippen LogP contribution in [-0.4, -0.2) is 27.9 Å². The molecule has 0 bridgehead atoms. The van der Waals surface area contributed by atoms with Crippen molar-refractivity contribution < 1.29 is 9.53 Å². The molecule has 6 nitrogen and oxygen atoms in total. The lowest BCUT2D eigenvalue weighted by Crippen LogP contribution is -2.32. The zero-order chi connectivity index (χ0) is 16.2. The van der Waals surface area contributed by atoms with Crippen LogP contribution in [0.25, 0.3) is 0 Å². The lowest BCUT2D eigenvalue weighted by atomic mass is 9.87. The number of hydrogen-bond donors (Lipinski definition) is 3. The minimum atomic E-state index is -0.513. The van der Waals surface area contributed by atoms with Crippen molar-refractivity contribution in [2.75, 3.05) is 5.32 Å². The number of anilines is 1. The van der Waals surface area contributed by atoms with E-state index in [1.54, 1.807) is 6.20 Å². The number of aromatic nitrogens is 2. The molecule has 0 unspecified atom stereocenters. The monoisotopic (exact) mass is 308 g/mol. The van der Waals surface area contributed by atoms with E-state index in [1.165, 1.54) is 25.7 Å². The largest absolute Gasteiger partial charge is 0.444 e. The second kappa shape index (κ2) is 7.13. The van der Waals surface area contributed by atoms with Crippen LogP contribution in [0.3, 0.4) is 0 Å². The molecule has 1 fully saturated rings. The van der Waals surface area contributed by atoms with Crippen LogP contribution < -0.4 is 10.6 Å². The minimum Gasteiger partial charge on any atom is -0.444 e. The molecule has 0 atom stereocenters. The van der Waals surface area contributed by atoms with Gasteiger partial charge in [-0.25, -0.2) is 4.79 Å². The maximum atomic E-state index is 11.8. The molecule has 0 aliphatic heterocycles. The average molecular weight is 308 g/mol. The summed E-state index contributed by atoms with van der Waals surface area (Å²) in [6, 6.07) is 0.556. The Bertz CT molecular complexity index is 485. The molecule has 124 valence electrons. The molecule has 0 radical (unpaired) electrons. The predicted molar refractivity (Wildman–Crippen MR) is 86.7 cm³/mol. The highest BCUT2D eigenvalue weighted by Crippen LogP contribution is 2.24. The van der Waals surface area contributed by atoms with E-state index in [0.717, 1.165) is 11.5 Å². The van der Waals surface area contributed by atoms with E-state index >= 15 is 0 Å². The van der Waals surface area contributed by atoms with Crippen molar-refractivity contribution >= 4 is 11.9 Å². The van der Waals surface area contributed by atoms with Gasteiger partial charge in [0.25, 0.3) is 0 Å². The summed E-state index contributed by atoms with van der Waals surface area (Å²) in [5.41, 5.74) is 0.436. The van der Waals surface area contributed by atoms with Gasteiger partial charge in [0, 0.05) is 18.2 Å². The van der Waals surface area contributed by atoms with E-state index < -0.39 is 11.7 Å². The Morgan fingerprint density at radius 1 is 1.36 bits per heavy atom. The first-order valence-electron chi connectivity index (χ1n) is 8.09. The fourth-order valence-electron chi connectivity index (χ4n) is 2.68. The van der Waals surface area contributed by atoms with Crippen molar-refractivity contribution in [3.8, 4) is 0 Å². The highest BCUT2D eigenvalue weighted by Gasteiger charge is 2.20. The molecule has 1 amide bonds. The second-order valence-electron chi connectivity index (χ2n) is 7.23. The molecule has 0 saturated heterocycles. The van der Waals surface area contributed by atoms with Gasteiger partial charge in [0.15, 0.2) is 0 Å². The summed E-state index contributed by atoms with van der Waals surface area (Å²) in [6.07, 6.45) is 6.27. The number of ether oxygens (including phenoxy) is 1. The molecule has 22 heavy (non-hydrogen) atoms. The lowest BCUT2D eigenvalue weighted by molar-refractivity contribution is 0.0635. The summed E-state index contributed by atoms with van der Waals surface area (Å²) in [5.74, 6) is 1.45. The zero-order valence-corrected chi connectivity index (χ0v) is 14.0. The molecule has 3 N–H and O–H groups in total. The molecule has 1 aromatic rings. The predicted octanol–water partition coefficient (Wildman–Crippen LogP) is 3.43. The normalized spacial score (nSPS) is 22.4. The van der Waals surface area contributed by atoms with Crippen molar-refractivity contribution in [2.24, 2.45) is 5.92 Å². The SMILES string of the molecule is CC1CCC(NCc2cn[nH]c2NC(=O)OC(C)(C)C)CC1. The van der Waals surface area contributed by atoms with Gasteiger partial charge in [-0.05, 0) is 52.4 Å². The van der Waals surface area contributed by atoms with E-state index in [-0.39, 0.29) is 0 Å². The molecule has 1 aliphatic rings. The van der Waals surface area contributed by atoms with Gasteiger partial charge in [0.2, 0.25) is 0 Å². The Hall–Kier alpha value is -1.56. The van der Waals surface area contributed by atoms with Gasteiger partial charge < -0.3 is 10.1 Å². The second-order valence-corrected chi connectivity index (χ2v) is 7.23. The molecule has 1 heterocycles. The van der Waals surface area contributed by atoms with Gasteiger partial charge in [0.05, 0.1) is 6.20 Å². The van der Waals surface area contributed by atoms with Crippen LogP contribution in [-0.2, 0) is 11.3 Å². The van der Waals surface area contributed by atoms with Crippen LogP contribution in [0.1, 0.15) is 58.9 Å². The van der Waals surface area contributed by atoms with Gasteiger partial charge in [0.1, 0.15) is 11.4 Å². The standard InChI is InChI=1S/C16H28N4O2/c1-11-5-7-13(8-6-11)17-9-12-10-18-20-14(12)19-15(21)22-16(2,3)4/h10-11,13,17H,5-9H2,1-4H3,(H2,18,19,20,21). The van der Waals surface area contributed by atoms with Crippen LogP contribution in [0.15, 0.2) is 6.20 Å². The van der Waals surface area contributed by atoms with E-state index in [9.17, 15) is 4.79 Å². The van der Waals surface area contributed by atoms with E-state index in [0.29, 0.717) is 18.4 Å². The Morgan fingerprint density at radius 2 is 2.05 bits per heavy atom. The Kier molecular flexibility index (Phi) is 5.45. The lowest BCUT2D eigenvalue weighted by Gasteiger charge is -2.27. The van der Waals surface area contributed by atoms with Crippen molar-refractivity contribution in [2.45, 2.75) is 71.6 Å². The van der Waals surface area contributed by atoms with Gasteiger partial charge in [-0.15, -0.1) is 0 Å². The number of nitrogens with zero attached hydrogens (tertiary/aromatic N) is 1. The van der Waals surface area contributed by atoms with E-state index in [4.69, 9.17) is 4.74 Å². The summed E-state index contributed by atoms with van der Waals surface area (Å²) in [7, 11) is 0. The Morgan fingerprint density at radius 3 is 2.68 bits per heavy atom. The smallest absolute Gasteiger partial charge is 0.413 e. The Balaban J connectivity index is 1.83. The third-order valence-electron chi connectivity index (χ3n) is 3.94. The highest BCUT2D eigenvalue weighted by molar-refractivity contribution is 5.84. The highest BCUT2D eigenvalue weighted by atomic mass is 16.6. The number of nitrogens with one attached hydrogen (secondary N) is 3. The van der Waals surface area contributed by atoms with Crippen LogP contribution >= 0.6 is 0 Å². The molecule has 0 aromatic carbocycles. The van der Waals surface area contributed by atoms with Crippen molar-refractivity contribution in [3.05, 3.63) is 11.8 Å². The van der Waals surface area contributed by atoms with E-state index in [1.807, 2.05) is 20.8 Å². The van der Waals surface area contributed by atoms with Crippen molar-refractivity contribution in [3.63, 3.8) is 0 Å². The van der Waals surface area contributed by atoms with Gasteiger partial charge in [-0.3, -0.25) is 10.4 Å². The molecular formula is C16H28N4O2. The quantitative estimate of drug-likeness (QED) is 0.796. The molecule has 0 spiro atoms. The number of carbonyl (C=O) groups is 1. The van der Waals surface area contributed by atoms with Crippen molar-refractivity contribution in [1.82, 2.24) is 15.5 Å². The topological polar surface area (TPSA) is 79.0 Å². The summed E-state index contributed by atoms with van der Waals surface area (Å²) in [6.45, 7) is 8.53. The molecular weight excluding hydrogens is 280 g/mol. The maximum Gasteiger partial charge on any atom is 0.413 e. The minimum absolute atomic E-state index is 0.468. The molecule has 2 rings (SSSR count). The van der Waals surface area contributed by atoms with Crippen LogP contribution in [0, 0.1) is 5.92 Å². The fraction of sp³-hybridized carbons (Fsp3) is 0.750. The van der Waals surface area contributed by atoms with Gasteiger partial charge >= 0.3 is 6.09 Å². The number of hydrogen-bond acceptors (Lipinski definition) is 4. The summed E-state index contributed by atoms with van der Waals surface area (Å²) in [4.78, 5) is 11.8. The molecule has 1 aliphatic carbocycles. The summed E-state index contributed by atoms with van der Waals surface area (Å²) < 4.78 is 5.25.